The van der Waals surface area contributed by atoms with E-state index in [1.54, 1.807) is 0 Å². The molecule has 0 spiro atoms. The van der Waals surface area contributed by atoms with Crippen LogP contribution in [0, 0.1) is 0 Å². The van der Waals surface area contributed by atoms with Crippen molar-refractivity contribution in [2.24, 2.45) is 0 Å². The van der Waals surface area contributed by atoms with Gasteiger partial charge in [-0.1, -0.05) is 12.1 Å². The van der Waals surface area contributed by atoms with Gasteiger partial charge < -0.3 is 4.90 Å². The number of pyridine rings is 1. The van der Waals surface area contributed by atoms with Gasteiger partial charge in [0.05, 0.1) is 11.2 Å². The first-order chi connectivity index (χ1) is 8.34. The van der Waals surface area contributed by atoms with E-state index in [0.717, 1.165) is 23.1 Å². The molecule has 1 aliphatic heterocycles. The van der Waals surface area contributed by atoms with Gasteiger partial charge in [-0.3, -0.25) is 4.98 Å². The van der Waals surface area contributed by atoms with Gasteiger partial charge in [0.25, 0.3) is 0 Å². The highest BCUT2D eigenvalue weighted by Crippen LogP contribution is 2.28. The molecule has 0 amide bonds. The third-order valence-electron chi connectivity index (χ3n) is 3.35. The molecule has 3 heteroatoms. The van der Waals surface area contributed by atoms with E-state index in [-0.39, 0.29) is 0 Å². The summed E-state index contributed by atoms with van der Waals surface area (Å²) in [5, 5.41) is 1.21. The lowest BCUT2D eigenvalue weighted by Crippen LogP contribution is -2.29. The topological polar surface area (TPSA) is 16.1 Å². The zero-order valence-electron chi connectivity index (χ0n) is 9.69. The highest BCUT2D eigenvalue weighted by Gasteiger charge is 2.13. The Labute approximate surface area is 110 Å². The van der Waals surface area contributed by atoms with Gasteiger partial charge in [0.15, 0.2) is 0 Å². The molecule has 2 aromatic rings. The monoisotopic (exact) mass is 290 g/mol. The molecule has 1 aliphatic rings. The second-order valence-electron chi connectivity index (χ2n) is 4.55. The Morgan fingerprint density at radius 2 is 1.94 bits per heavy atom. The predicted octanol–water partition coefficient (Wildman–Crippen LogP) is 3.99. The molecule has 1 aromatic carbocycles. The van der Waals surface area contributed by atoms with Crippen molar-refractivity contribution in [3.63, 3.8) is 0 Å². The van der Waals surface area contributed by atoms with E-state index in [2.05, 4.69) is 50.1 Å². The van der Waals surface area contributed by atoms with E-state index in [4.69, 9.17) is 0 Å². The molecule has 88 valence electrons. The number of rotatable bonds is 1. The zero-order valence-corrected chi connectivity index (χ0v) is 11.3. The van der Waals surface area contributed by atoms with Crippen molar-refractivity contribution in [2.75, 3.05) is 18.0 Å². The van der Waals surface area contributed by atoms with Crippen LogP contribution < -0.4 is 4.90 Å². The Hall–Kier alpha value is -1.09. The molecule has 2 nitrogen and oxygen atoms in total. The fourth-order valence-electron chi connectivity index (χ4n) is 2.51. The molecule has 0 aliphatic carbocycles. The molecular formula is C14H15BrN2. The molecule has 0 unspecified atom stereocenters. The molecule has 0 saturated carbocycles. The summed E-state index contributed by atoms with van der Waals surface area (Å²) < 4.78 is 1.04. The minimum absolute atomic E-state index is 1.04. The van der Waals surface area contributed by atoms with Gasteiger partial charge in [-0.05, 0) is 47.3 Å². The number of para-hydroxylation sites is 1. The Morgan fingerprint density at radius 3 is 2.76 bits per heavy atom. The molecule has 3 rings (SSSR count). The van der Waals surface area contributed by atoms with Crippen molar-refractivity contribution in [3.05, 3.63) is 34.9 Å². The van der Waals surface area contributed by atoms with Crippen LogP contribution in [-0.2, 0) is 0 Å². The van der Waals surface area contributed by atoms with Gasteiger partial charge >= 0.3 is 0 Å². The number of halogens is 1. The van der Waals surface area contributed by atoms with Crippen LogP contribution in [0.4, 0.5) is 5.69 Å². The minimum atomic E-state index is 1.04. The van der Waals surface area contributed by atoms with Crippen LogP contribution in [0.2, 0.25) is 0 Å². The number of nitrogens with zero attached hydrogens (tertiary/aromatic N) is 2. The van der Waals surface area contributed by atoms with E-state index >= 15 is 0 Å². The maximum Gasteiger partial charge on any atom is 0.0936 e. The van der Waals surface area contributed by atoms with E-state index in [9.17, 15) is 0 Å². The fraction of sp³-hybridized carbons (Fsp3) is 0.357. The Morgan fingerprint density at radius 1 is 1.12 bits per heavy atom. The largest absolute Gasteiger partial charge is 0.370 e. The highest BCUT2D eigenvalue weighted by atomic mass is 79.9. The Balaban J connectivity index is 2.09. The van der Waals surface area contributed by atoms with Crippen LogP contribution in [0.3, 0.4) is 0 Å². The lowest BCUT2D eigenvalue weighted by molar-refractivity contribution is 0.579. The molecule has 2 heterocycles. The second-order valence-corrected chi connectivity index (χ2v) is 5.47. The van der Waals surface area contributed by atoms with Crippen molar-refractivity contribution in [1.29, 1.82) is 0 Å². The number of benzene rings is 1. The minimum Gasteiger partial charge on any atom is -0.370 e. The van der Waals surface area contributed by atoms with E-state index in [1.165, 1.54) is 30.3 Å². The first kappa shape index (κ1) is 11.0. The average molecular weight is 291 g/mol. The third kappa shape index (κ3) is 2.16. The van der Waals surface area contributed by atoms with Crippen LogP contribution in [0.5, 0.6) is 0 Å². The van der Waals surface area contributed by atoms with Gasteiger partial charge in [0.2, 0.25) is 0 Å². The van der Waals surface area contributed by atoms with Crippen LogP contribution in [0.1, 0.15) is 19.3 Å². The molecule has 1 saturated heterocycles. The highest BCUT2D eigenvalue weighted by molar-refractivity contribution is 9.10. The molecule has 0 bridgehead atoms. The summed E-state index contributed by atoms with van der Waals surface area (Å²) in [7, 11) is 0. The molecule has 1 fully saturated rings. The molecule has 0 N–H and O–H groups in total. The zero-order chi connectivity index (χ0) is 11.7. The van der Waals surface area contributed by atoms with E-state index < -0.39 is 0 Å². The quantitative estimate of drug-likeness (QED) is 0.790. The molecule has 17 heavy (non-hydrogen) atoms. The first-order valence-corrected chi connectivity index (χ1v) is 6.93. The van der Waals surface area contributed by atoms with Crippen molar-refractivity contribution in [3.8, 4) is 0 Å². The summed E-state index contributed by atoms with van der Waals surface area (Å²) in [5.41, 5.74) is 2.41. The van der Waals surface area contributed by atoms with Crippen molar-refractivity contribution >= 4 is 32.5 Å². The lowest BCUT2D eigenvalue weighted by Gasteiger charge is -2.29. The first-order valence-electron chi connectivity index (χ1n) is 6.14. The van der Waals surface area contributed by atoms with Crippen LogP contribution in [-0.4, -0.2) is 18.1 Å². The van der Waals surface area contributed by atoms with E-state index in [1.807, 2.05) is 6.20 Å². The number of anilines is 1. The average Bonchev–Trinajstić information content (AvgIpc) is 2.39. The maximum atomic E-state index is 4.57. The molecule has 0 atom stereocenters. The maximum absolute atomic E-state index is 4.57. The summed E-state index contributed by atoms with van der Waals surface area (Å²) >= 11 is 3.48. The standard InChI is InChI=1S/C14H15BrN2/c15-12-9-11-5-4-6-13(14(11)16-10-12)17-7-2-1-3-8-17/h4-6,9-10H,1-3,7-8H2. The number of aromatic nitrogens is 1. The van der Waals surface area contributed by atoms with Crippen LogP contribution in [0.15, 0.2) is 34.9 Å². The van der Waals surface area contributed by atoms with Crippen molar-refractivity contribution < 1.29 is 0 Å². The van der Waals surface area contributed by atoms with Gasteiger partial charge in [-0.25, -0.2) is 0 Å². The van der Waals surface area contributed by atoms with Crippen molar-refractivity contribution in [1.82, 2.24) is 4.98 Å². The normalized spacial score (nSPS) is 16.4. The van der Waals surface area contributed by atoms with Crippen LogP contribution in [0.25, 0.3) is 10.9 Å². The van der Waals surface area contributed by atoms with Gasteiger partial charge in [0.1, 0.15) is 0 Å². The molecule has 0 radical (unpaired) electrons. The van der Waals surface area contributed by atoms with Gasteiger partial charge in [-0.2, -0.15) is 0 Å². The van der Waals surface area contributed by atoms with Gasteiger partial charge in [-0.15, -0.1) is 0 Å². The lowest BCUT2D eigenvalue weighted by atomic mass is 10.1. The Bertz CT molecular complexity index is 533. The summed E-state index contributed by atoms with van der Waals surface area (Å²) in [6.07, 6.45) is 5.84. The number of fused-ring (bicyclic) bond motifs is 1. The molecule has 1 aromatic heterocycles. The van der Waals surface area contributed by atoms with Crippen LogP contribution >= 0.6 is 15.9 Å². The van der Waals surface area contributed by atoms with Gasteiger partial charge in [0, 0.05) is 29.1 Å². The predicted molar refractivity (Wildman–Crippen MR) is 75.5 cm³/mol. The number of piperidine rings is 1. The SMILES string of the molecule is Brc1cnc2c(N3CCCCC3)cccc2c1. The summed E-state index contributed by atoms with van der Waals surface area (Å²) in [5.74, 6) is 0. The Kier molecular flexibility index (Phi) is 3.02. The number of hydrogen-bond acceptors (Lipinski definition) is 2. The number of hydrogen-bond donors (Lipinski definition) is 0. The molecular weight excluding hydrogens is 276 g/mol. The second kappa shape index (κ2) is 4.65. The summed E-state index contributed by atoms with van der Waals surface area (Å²) in [6.45, 7) is 2.33. The fourth-order valence-corrected chi connectivity index (χ4v) is 2.86. The third-order valence-corrected chi connectivity index (χ3v) is 3.79. The van der Waals surface area contributed by atoms with E-state index in [0.29, 0.717) is 0 Å². The summed E-state index contributed by atoms with van der Waals surface area (Å²) in [6, 6.07) is 8.57. The smallest absolute Gasteiger partial charge is 0.0936 e. The van der Waals surface area contributed by atoms with Crippen molar-refractivity contribution in [2.45, 2.75) is 19.3 Å². The summed E-state index contributed by atoms with van der Waals surface area (Å²) in [4.78, 5) is 7.03.